The molecule has 78 valence electrons. The molecule has 1 unspecified atom stereocenters. The lowest BCUT2D eigenvalue weighted by Gasteiger charge is -2.09. The van der Waals surface area contributed by atoms with Crippen molar-refractivity contribution in [2.45, 2.75) is 26.4 Å². The van der Waals surface area contributed by atoms with Crippen molar-refractivity contribution in [3.8, 4) is 0 Å². The smallest absolute Gasteiger partial charge is 0.223 e. The van der Waals surface area contributed by atoms with Crippen LogP contribution in [-0.2, 0) is 6.54 Å². The summed E-state index contributed by atoms with van der Waals surface area (Å²) < 4.78 is 4.77. The lowest BCUT2D eigenvalue weighted by molar-refractivity contribution is 0.315. The van der Waals surface area contributed by atoms with Crippen LogP contribution in [0.15, 0.2) is 9.68 Å². The average molecular weight is 199 g/mol. The lowest BCUT2D eigenvalue weighted by atomic mass is 10.3. The van der Waals surface area contributed by atoms with Gasteiger partial charge in [0.05, 0.1) is 12.6 Å². The number of hydrogen-bond donors (Lipinski definition) is 3. The molecule has 0 radical (unpaired) electrons. The number of aryl methyl sites for hydroxylation is 1. The van der Waals surface area contributed by atoms with Gasteiger partial charge in [-0.2, -0.15) is 4.98 Å². The second kappa shape index (κ2) is 4.56. The van der Waals surface area contributed by atoms with Gasteiger partial charge in [-0.3, -0.25) is 0 Å². The van der Waals surface area contributed by atoms with Gasteiger partial charge in [-0.1, -0.05) is 10.3 Å². The minimum atomic E-state index is -0.237. The first-order chi connectivity index (χ1) is 6.63. The van der Waals surface area contributed by atoms with Crippen LogP contribution in [0.3, 0.4) is 0 Å². The summed E-state index contributed by atoms with van der Waals surface area (Å²) in [4.78, 5) is 3.98. The minimum absolute atomic E-state index is 0.116. The number of rotatable bonds is 4. The topological polar surface area (TPSA) is 110 Å². The second-order valence-electron chi connectivity index (χ2n) is 2.86. The first-order valence-corrected chi connectivity index (χ1v) is 4.13. The number of aromatic nitrogens is 2. The quantitative estimate of drug-likeness (QED) is 0.263. The van der Waals surface area contributed by atoms with Crippen molar-refractivity contribution in [2.24, 2.45) is 10.9 Å². The van der Waals surface area contributed by atoms with E-state index in [1.165, 1.54) is 0 Å². The Bertz CT molecular complexity index is 322. The highest BCUT2D eigenvalue weighted by molar-refractivity contribution is 5.84. The molecule has 0 aliphatic heterocycles. The molecule has 0 amide bonds. The molecule has 0 fully saturated rings. The Morgan fingerprint density at radius 3 is 3.00 bits per heavy atom. The third-order valence-corrected chi connectivity index (χ3v) is 1.70. The number of nitrogens with zero attached hydrogens (tertiary/aromatic N) is 3. The summed E-state index contributed by atoms with van der Waals surface area (Å²) in [5, 5.41) is 17.9. The maximum atomic E-state index is 8.38. The van der Waals surface area contributed by atoms with Crippen molar-refractivity contribution in [1.29, 1.82) is 0 Å². The van der Waals surface area contributed by atoms with Gasteiger partial charge in [-0.25, -0.2) is 0 Å². The normalized spacial score (nSPS) is 14.3. The van der Waals surface area contributed by atoms with Crippen LogP contribution >= 0.6 is 0 Å². The van der Waals surface area contributed by atoms with E-state index in [0.29, 0.717) is 18.3 Å². The predicted octanol–water partition coefficient (Wildman–Crippen LogP) is -0.397. The lowest BCUT2D eigenvalue weighted by Crippen LogP contribution is -2.38. The molecule has 0 aliphatic rings. The van der Waals surface area contributed by atoms with Crippen molar-refractivity contribution >= 4 is 5.84 Å². The molecule has 0 spiro atoms. The van der Waals surface area contributed by atoms with Crippen molar-refractivity contribution in [2.75, 3.05) is 0 Å². The Hall–Kier alpha value is -1.63. The molecular weight excluding hydrogens is 186 g/mol. The molecule has 1 heterocycles. The van der Waals surface area contributed by atoms with Gasteiger partial charge >= 0.3 is 0 Å². The first-order valence-electron chi connectivity index (χ1n) is 4.13. The highest BCUT2D eigenvalue weighted by Crippen LogP contribution is 1.94. The van der Waals surface area contributed by atoms with Gasteiger partial charge in [-0.05, 0) is 6.92 Å². The number of nitrogens with one attached hydrogen (secondary N) is 1. The van der Waals surface area contributed by atoms with E-state index >= 15 is 0 Å². The summed E-state index contributed by atoms with van der Waals surface area (Å²) >= 11 is 0. The minimum Gasteiger partial charge on any atom is -0.409 e. The number of amidine groups is 1. The number of nitrogens with two attached hydrogens (primary N) is 1. The van der Waals surface area contributed by atoms with Crippen molar-refractivity contribution in [1.82, 2.24) is 15.5 Å². The molecule has 1 atom stereocenters. The Morgan fingerprint density at radius 1 is 1.79 bits per heavy atom. The Labute approximate surface area is 81.0 Å². The Kier molecular flexibility index (Phi) is 3.41. The third-order valence-electron chi connectivity index (χ3n) is 1.70. The van der Waals surface area contributed by atoms with Gasteiger partial charge in [0.1, 0.15) is 0 Å². The van der Waals surface area contributed by atoms with E-state index in [1.54, 1.807) is 13.8 Å². The van der Waals surface area contributed by atoms with Crippen LogP contribution < -0.4 is 11.1 Å². The zero-order chi connectivity index (χ0) is 10.6. The van der Waals surface area contributed by atoms with Crippen LogP contribution in [0.5, 0.6) is 0 Å². The molecule has 14 heavy (non-hydrogen) atoms. The van der Waals surface area contributed by atoms with Crippen molar-refractivity contribution in [3.63, 3.8) is 0 Å². The van der Waals surface area contributed by atoms with E-state index in [1.807, 2.05) is 0 Å². The largest absolute Gasteiger partial charge is 0.409 e. The van der Waals surface area contributed by atoms with E-state index in [4.69, 9.17) is 15.5 Å². The van der Waals surface area contributed by atoms with Crippen molar-refractivity contribution in [3.05, 3.63) is 11.7 Å². The van der Waals surface area contributed by atoms with E-state index in [9.17, 15) is 0 Å². The van der Waals surface area contributed by atoms with E-state index < -0.39 is 0 Å². The zero-order valence-electron chi connectivity index (χ0n) is 8.06. The fourth-order valence-electron chi connectivity index (χ4n) is 0.849. The second-order valence-corrected chi connectivity index (χ2v) is 2.86. The van der Waals surface area contributed by atoms with Gasteiger partial charge in [0.2, 0.25) is 5.89 Å². The molecule has 0 bridgehead atoms. The van der Waals surface area contributed by atoms with Crippen LogP contribution in [0, 0.1) is 6.92 Å². The predicted molar refractivity (Wildman–Crippen MR) is 48.7 cm³/mol. The molecule has 4 N–H and O–H groups in total. The average Bonchev–Trinajstić information content (AvgIpc) is 2.59. The van der Waals surface area contributed by atoms with Crippen LogP contribution in [0.4, 0.5) is 0 Å². The highest BCUT2D eigenvalue weighted by Gasteiger charge is 2.08. The molecule has 1 rings (SSSR count). The maximum absolute atomic E-state index is 8.38. The third kappa shape index (κ3) is 2.70. The molecule has 0 saturated heterocycles. The fourth-order valence-corrected chi connectivity index (χ4v) is 0.849. The molecule has 0 saturated carbocycles. The summed E-state index contributed by atoms with van der Waals surface area (Å²) in [5.74, 6) is 1.17. The van der Waals surface area contributed by atoms with Gasteiger partial charge in [0.25, 0.3) is 0 Å². The molecular formula is C7H13N5O2. The van der Waals surface area contributed by atoms with Crippen molar-refractivity contribution < 1.29 is 9.73 Å². The van der Waals surface area contributed by atoms with E-state index in [-0.39, 0.29) is 11.9 Å². The summed E-state index contributed by atoms with van der Waals surface area (Å²) in [6.45, 7) is 3.89. The SMILES string of the molecule is Cc1nc(CNC(C)C(N)=NO)no1. The Morgan fingerprint density at radius 2 is 2.50 bits per heavy atom. The Balaban J connectivity index is 2.41. The highest BCUT2D eigenvalue weighted by atomic mass is 16.5. The zero-order valence-corrected chi connectivity index (χ0v) is 8.06. The molecule has 1 aromatic rings. The van der Waals surface area contributed by atoms with Crippen LogP contribution in [0.2, 0.25) is 0 Å². The first kappa shape index (κ1) is 10.5. The summed E-state index contributed by atoms with van der Waals surface area (Å²) in [7, 11) is 0. The molecule has 0 aromatic carbocycles. The maximum Gasteiger partial charge on any atom is 0.223 e. The molecule has 7 heteroatoms. The summed E-state index contributed by atoms with van der Waals surface area (Å²) in [6, 6.07) is -0.237. The summed E-state index contributed by atoms with van der Waals surface area (Å²) in [6.07, 6.45) is 0. The van der Waals surface area contributed by atoms with Gasteiger partial charge in [0, 0.05) is 6.92 Å². The standard InChI is InChI=1S/C7H13N5O2/c1-4(7(8)11-13)9-3-6-10-5(2)14-12-6/h4,9,13H,3H2,1-2H3,(H2,8,11). The van der Waals surface area contributed by atoms with Gasteiger partial charge in [-0.15, -0.1) is 0 Å². The van der Waals surface area contributed by atoms with Crippen LogP contribution in [0.25, 0.3) is 0 Å². The molecule has 7 nitrogen and oxygen atoms in total. The van der Waals surface area contributed by atoms with E-state index in [2.05, 4.69) is 20.6 Å². The monoisotopic (exact) mass is 199 g/mol. The van der Waals surface area contributed by atoms with Crippen LogP contribution in [-0.4, -0.2) is 27.2 Å². The summed E-state index contributed by atoms with van der Waals surface area (Å²) in [5.41, 5.74) is 5.36. The van der Waals surface area contributed by atoms with Crippen LogP contribution in [0.1, 0.15) is 18.6 Å². The number of oxime groups is 1. The fraction of sp³-hybridized carbons (Fsp3) is 0.571. The molecule has 1 aromatic heterocycles. The number of hydrogen-bond acceptors (Lipinski definition) is 6. The van der Waals surface area contributed by atoms with E-state index in [0.717, 1.165) is 0 Å². The van der Waals surface area contributed by atoms with Gasteiger partial charge in [0.15, 0.2) is 11.7 Å². The van der Waals surface area contributed by atoms with Gasteiger partial charge < -0.3 is 20.8 Å². The molecule has 0 aliphatic carbocycles.